The van der Waals surface area contributed by atoms with Gasteiger partial charge in [-0.1, -0.05) is 20.8 Å². The highest BCUT2D eigenvalue weighted by molar-refractivity contribution is 5.98. The predicted octanol–water partition coefficient (Wildman–Crippen LogP) is 4.30. The highest BCUT2D eigenvalue weighted by Crippen LogP contribution is 2.32. The van der Waals surface area contributed by atoms with Gasteiger partial charge >= 0.3 is 0 Å². The molecule has 0 saturated carbocycles. The van der Waals surface area contributed by atoms with E-state index >= 15 is 0 Å². The molecule has 2 aromatic rings. The van der Waals surface area contributed by atoms with Gasteiger partial charge in [-0.25, -0.2) is 4.39 Å². The fraction of sp³-hybridized carbons (Fsp3) is 0.500. The molecule has 1 aliphatic heterocycles. The Morgan fingerprint density at radius 2 is 1.92 bits per heavy atom. The molecule has 5 heteroatoms. The summed E-state index contributed by atoms with van der Waals surface area (Å²) in [6.07, 6.45) is 3.60. The monoisotopic (exact) mass is 343 g/mol. The molecule has 0 spiro atoms. The number of nitrogens with zero attached hydrogens (tertiary/aromatic N) is 3. The first kappa shape index (κ1) is 17.6. The number of rotatable bonds is 4. The van der Waals surface area contributed by atoms with Crippen molar-refractivity contribution in [3.63, 3.8) is 0 Å². The number of hydrogen-bond donors (Lipinski definition) is 0. The van der Waals surface area contributed by atoms with Crippen molar-refractivity contribution in [2.24, 2.45) is 0 Å². The maximum atomic E-state index is 13.9. The lowest BCUT2D eigenvalue weighted by Crippen LogP contribution is -2.29. The molecule has 0 bridgehead atoms. The number of amides is 1. The van der Waals surface area contributed by atoms with Crippen molar-refractivity contribution < 1.29 is 9.18 Å². The van der Waals surface area contributed by atoms with Gasteiger partial charge in [-0.2, -0.15) is 5.10 Å². The molecule has 1 atom stereocenters. The highest BCUT2D eigenvalue weighted by Gasteiger charge is 2.35. The number of aryl methyl sites for hydroxylation is 2. The van der Waals surface area contributed by atoms with Crippen molar-refractivity contribution in [1.29, 1.82) is 0 Å². The summed E-state index contributed by atoms with van der Waals surface area (Å²) in [6.45, 7) is 10.5. The lowest BCUT2D eigenvalue weighted by molar-refractivity contribution is -0.120. The van der Waals surface area contributed by atoms with Gasteiger partial charge in [0.25, 0.3) is 5.91 Å². The minimum atomic E-state index is -0.285. The van der Waals surface area contributed by atoms with Gasteiger partial charge in [0.2, 0.25) is 0 Å². The molecular weight excluding hydrogens is 317 g/mol. The molecule has 1 saturated heterocycles. The van der Waals surface area contributed by atoms with Gasteiger partial charge < -0.3 is 4.90 Å². The molecule has 134 valence electrons. The number of aromatic nitrogens is 2. The molecular formula is C20H26FN3O. The SMILES string of the molecule is CCC(C)(C)c1ccn(C2CCN(c3cc(C)c(F)c(C)c3)C2=O)n1. The largest absolute Gasteiger partial charge is 0.310 e. The van der Waals surface area contributed by atoms with Crippen LogP contribution in [0.4, 0.5) is 10.1 Å². The summed E-state index contributed by atoms with van der Waals surface area (Å²) < 4.78 is 15.7. The van der Waals surface area contributed by atoms with E-state index in [-0.39, 0.29) is 23.2 Å². The molecule has 4 nitrogen and oxygen atoms in total. The van der Waals surface area contributed by atoms with E-state index in [4.69, 9.17) is 0 Å². The first-order valence-corrected chi connectivity index (χ1v) is 8.88. The summed E-state index contributed by atoms with van der Waals surface area (Å²) in [4.78, 5) is 14.7. The van der Waals surface area contributed by atoms with E-state index in [2.05, 4.69) is 25.9 Å². The number of hydrogen-bond acceptors (Lipinski definition) is 2. The van der Waals surface area contributed by atoms with Gasteiger partial charge in [0, 0.05) is 23.8 Å². The maximum absolute atomic E-state index is 13.9. The third-order valence-corrected chi connectivity index (χ3v) is 5.42. The Morgan fingerprint density at radius 3 is 2.52 bits per heavy atom. The van der Waals surface area contributed by atoms with E-state index in [9.17, 15) is 9.18 Å². The van der Waals surface area contributed by atoms with Crippen LogP contribution in [-0.2, 0) is 10.2 Å². The molecule has 1 aromatic carbocycles. The zero-order valence-electron chi connectivity index (χ0n) is 15.6. The maximum Gasteiger partial charge on any atom is 0.251 e. The molecule has 2 heterocycles. The minimum absolute atomic E-state index is 0.00221. The molecule has 1 unspecified atom stereocenters. The van der Waals surface area contributed by atoms with Crippen LogP contribution in [0.15, 0.2) is 24.4 Å². The molecule has 1 amide bonds. The summed E-state index contributed by atoms with van der Waals surface area (Å²) >= 11 is 0. The van der Waals surface area contributed by atoms with Crippen LogP contribution >= 0.6 is 0 Å². The van der Waals surface area contributed by atoms with E-state index < -0.39 is 0 Å². The molecule has 0 N–H and O–H groups in total. The number of anilines is 1. The molecule has 25 heavy (non-hydrogen) atoms. The van der Waals surface area contributed by atoms with Gasteiger partial charge in [-0.05, 0) is 56.0 Å². The summed E-state index contributed by atoms with van der Waals surface area (Å²) in [5, 5.41) is 4.67. The Morgan fingerprint density at radius 1 is 1.28 bits per heavy atom. The molecule has 0 radical (unpaired) electrons. The first-order chi connectivity index (χ1) is 11.7. The van der Waals surface area contributed by atoms with Gasteiger partial charge in [0.15, 0.2) is 0 Å². The van der Waals surface area contributed by atoms with E-state index in [0.717, 1.165) is 17.8 Å². The third kappa shape index (κ3) is 3.08. The zero-order chi connectivity index (χ0) is 18.4. The minimum Gasteiger partial charge on any atom is -0.310 e. The number of carbonyl (C=O) groups is 1. The van der Waals surface area contributed by atoms with Crippen molar-refractivity contribution in [2.75, 3.05) is 11.4 Å². The summed E-state index contributed by atoms with van der Waals surface area (Å²) in [6, 6.07) is 5.22. The van der Waals surface area contributed by atoms with Crippen LogP contribution in [0, 0.1) is 19.7 Å². The van der Waals surface area contributed by atoms with Crippen LogP contribution in [0.5, 0.6) is 0 Å². The normalized spacial score (nSPS) is 18.2. The van der Waals surface area contributed by atoms with E-state index in [1.807, 2.05) is 12.3 Å². The second-order valence-electron chi connectivity index (χ2n) is 7.61. The Labute approximate surface area is 148 Å². The van der Waals surface area contributed by atoms with Crippen molar-refractivity contribution >= 4 is 11.6 Å². The topological polar surface area (TPSA) is 38.1 Å². The summed E-state index contributed by atoms with van der Waals surface area (Å²) in [5.41, 5.74) is 2.91. The van der Waals surface area contributed by atoms with E-state index in [1.54, 1.807) is 35.6 Å². The van der Waals surface area contributed by atoms with Crippen molar-refractivity contribution in [3.8, 4) is 0 Å². The van der Waals surface area contributed by atoms with Crippen LogP contribution < -0.4 is 4.90 Å². The fourth-order valence-corrected chi connectivity index (χ4v) is 3.30. The average molecular weight is 343 g/mol. The van der Waals surface area contributed by atoms with Gasteiger partial charge in [0.05, 0.1) is 5.69 Å². The number of carbonyl (C=O) groups excluding carboxylic acids is 1. The van der Waals surface area contributed by atoms with E-state index in [1.165, 1.54) is 0 Å². The van der Waals surface area contributed by atoms with Crippen LogP contribution in [0.25, 0.3) is 0 Å². The Kier molecular flexibility index (Phi) is 4.43. The van der Waals surface area contributed by atoms with Crippen molar-refractivity contribution in [2.45, 2.75) is 58.9 Å². The lowest BCUT2D eigenvalue weighted by Gasteiger charge is -2.20. The molecule has 3 rings (SSSR count). The van der Waals surface area contributed by atoms with Crippen LogP contribution in [0.3, 0.4) is 0 Å². The predicted molar refractivity (Wildman–Crippen MR) is 97.4 cm³/mol. The van der Waals surface area contributed by atoms with Gasteiger partial charge in [-0.15, -0.1) is 0 Å². The Balaban J connectivity index is 1.85. The van der Waals surface area contributed by atoms with Crippen molar-refractivity contribution in [1.82, 2.24) is 9.78 Å². The number of halogens is 1. The second kappa shape index (κ2) is 6.28. The lowest BCUT2D eigenvalue weighted by atomic mass is 9.87. The summed E-state index contributed by atoms with van der Waals surface area (Å²) in [5.74, 6) is -0.181. The quantitative estimate of drug-likeness (QED) is 0.830. The number of benzene rings is 1. The fourth-order valence-electron chi connectivity index (χ4n) is 3.30. The summed E-state index contributed by atoms with van der Waals surface area (Å²) in [7, 11) is 0. The second-order valence-corrected chi connectivity index (χ2v) is 7.61. The highest BCUT2D eigenvalue weighted by atomic mass is 19.1. The van der Waals surface area contributed by atoms with Crippen LogP contribution in [0.2, 0.25) is 0 Å². The molecule has 1 aromatic heterocycles. The van der Waals surface area contributed by atoms with Gasteiger partial charge in [-0.3, -0.25) is 9.48 Å². The zero-order valence-corrected chi connectivity index (χ0v) is 15.6. The smallest absolute Gasteiger partial charge is 0.251 e. The van der Waals surface area contributed by atoms with Crippen LogP contribution in [0.1, 0.15) is 56.5 Å². The Hall–Kier alpha value is -2.17. The Bertz CT molecular complexity index is 786. The average Bonchev–Trinajstić information content (AvgIpc) is 3.19. The van der Waals surface area contributed by atoms with Gasteiger partial charge in [0.1, 0.15) is 11.9 Å². The van der Waals surface area contributed by atoms with Crippen molar-refractivity contribution in [3.05, 3.63) is 47.0 Å². The standard InChI is InChI=1S/C20H26FN3O/c1-6-20(4,5)17-8-10-24(22-17)16-7-9-23(19(16)25)15-11-13(2)18(21)14(3)12-15/h8,10-12,16H,6-7,9H2,1-5H3. The molecule has 1 fully saturated rings. The van der Waals surface area contributed by atoms with Crippen LogP contribution in [-0.4, -0.2) is 22.2 Å². The molecule has 0 aliphatic carbocycles. The molecule has 1 aliphatic rings. The first-order valence-electron chi connectivity index (χ1n) is 8.88. The third-order valence-electron chi connectivity index (χ3n) is 5.42. The van der Waals surface area contributed by atoms with E-state index in [0.29, 0.717) is 24.1 Å².